The summed E-state index contributed by atoms with van der Waals surface area (Å²) in [4.78, 5) is 0. The molecule has 0 aromatic carbocycles. The Kier molecular flexibility index (Phi) is 34.5. The molecule has 0 heterocycles. The minimum atomic E-state index is 0. The largest absolute Gasteiger partial charge is 0.358 e. The van der Waals surface area contributed by atoms with Gasteiger partial charge in [-0.3, -0.25) is 0 Å². The molecule has 0 aliphatic heterocycles. The second-order valence-electron chi connectivity index (χ2n) is 4.20. The maximum atomic E-state index is 2.27. The van der Waals surface area contributed by atoms with E-state index >= 15 is 0 Å². The number of hydrogen-bond donors (Lipinski definition) is 0. The van der Waals surface area contributed by atoms with Gasteiger partial charge in [0, 0.05) is 40.2 Å². The monoisotopic (exact) mass is 632 g/mol. The van der Waals surface area contributed by atoms with Crippen LogP contribution in [0.15, 0.2) is 48.6 Å². The van der Waals surface area contributed by atoms with E-state index in [1.54, 1.807) is 0 Å². The van der Waals surface area contributed by atoms with Crippen LogP contribution in [0.4, 0.5) is 0 Å². The molecule has 0 saturated carbocycles. The third-order valence-electron chi connectivity index (χ3n) is 2.67. The molecule has 0 nitrogen and oxygen atoms in total. The van der Waals surface area contributed by atoms with Gasteiger partial charge in [-0.25, -0.2) is 0 Å². The molecule has 122 valence electrons. The zero-order chi connectivity index (χ0) is 11.3. The summed E-state index contributed by atoms with van der Waals surface area (Å²) in [7, 11) is 0. The van der Waals surface area contributed by atoms with E-state index < -0.39 is 0 Å². The van der Waals surface area contributed by atoms with E-state index in [2.05, 4.69) is 48.6 Å². The fourth-order valence-electron chi connectivity index (χ4n) is 1.71. The Morgan fingerprint density at radius 2 is 0.400 bits per heavy atom. The summed E-state index contributed by atoms with van der Waals surface area (Å²) in [5.41, 5.74) is 0. The molecule has 0 atom stereocenters. The molecule has 0 aromatic rings. The molecule has 0 saturated heterocycles. The van der Waals surface area contributed by atoms with Crippen LogP contribution in [0.2, 0.25) is 0 Å². The summed E-state index contributed by atoms with van der Waals surface area (Å²) in [5, 5.41) is 0. The summed E-state index contributed by atoms with van der Waals surface area (Å²) in [5.74, 6) is 0. The van der Waals surface area contributed by atoms with Crippen molar-refractivity contribution in [2.24, 2.45) is 0 Å². The summed E-state index contributed by atoms with van der Waals surface area (Å²) in [6, 6.07) is 0. The molecule has 2 aliphatic carbocycles. The normalized spacial score (nSPS) is 22.4. The molecule has 2 radical (unpaired) electrons. The molecule has 0 bridgehead atoms. The van der Waals surface area contributed by atoms with Crippen molar-refractivity contribution in [2.45, 2.75) is 51.4 Å². The smallest absolute Gasteiger partial charge is 0 e. The predicted octanol–water partition coefficient (Wildman–Crippen LogP) is 6.24. The van der Waals surface area contributed by atoms with Gasteiger partial charge >= 0.3 is 0 Å². The van der Waals surface area contributed by atoms with Crippen LogP contribution in [0.5, 0.6) is 0 Å². The Balaban J connectivity index is -0.000000107. The zero-order valence-electron chi connectivity index (χ0n) is 12.9. The van der Waals surface area contributed by atoms with Gasteiger partial charge in [-0.05, 0) is 51.4 Å². The van der Waals surface area contributed by atoms with Gasteiger partial charge in [0.2, 0.25) is 0 Å². The van der Waals surface area contributed by atoms with Crippen LogP contribution in [0, 0.1) is 14.9 Å². The summed E-state index contributed by atoms with van der Waals surface area (Å²) in [6.07, 6.45) is 28.0. The van der Waals surface area contributed by atoms with Crippen molar-refractivity contribution in [1.29, 1.82) is 0 Å². The molecular weight excluding hydrogens is 601 g/mol. The Hall–Kier alpha value is 0.259. The van der Waals surface area contributed by atoms with Crippen LogP contribution >= 0.6 is 0 Å². The van der Waals surface area contributed by atoms with E-state index in [1.807, 2.05) is 0 Å². The maximum absolute atomic E-state index is 2.27. The molecule has 2 aliphatic rings. The second-order valence-corrected chi connectivity index (χ2v) is 4.20. The van der Waals surface area contributed by atoms with Crippen molar-refractivity contribution in [1.82, 2.24) is 0 Å². The van der Waals surface area contributed by atoms with Crippen LogP contribution in [0.25, 0.3) is 0 Å². The van der Waals surface area contributed by atoms with Gasteiger partial charge in [-0.15, -0.1) is 0 Å². The van der Waals surface area contributed by atoms with E-state index in [4.69, 9.17) is 0 Å². The number of allylic oxidation sites excluding steroid dienone is 8. The molecule has 0 aromatic heterocycles. The SMILES string of the molecule is C1=C\CC/C=C\CC/1.C1=C\CC/C=C\CC/1.[CH3-].[CH3-].[Ir].[Ir]. The quantitative estimate of drug-likeness (QED) is 0.220. The fourth-order valence-corrected chi connectivity index (χ4v) is 1.71. The van der Waals surface area contributed by atoms with Crippen molar-refractivity contribution in [2.75, 3.05) is 0 Å². The molecule has 2 heteroatoms. The second kappa shape index (κ2) is 24.3. The van der Waals surface area contributed by atoms with E-state index in [-0.39, 0.29) is 55.1 Å². The Bertz CT molecular complexity index is 183. The fraction of sp³-hybridized carbons (Fsp3) is 0.444. The van der Waals surface area contributed by atoms with Crippen LogP contribution < -0.4 is 0 Å². The van der Waals surface area contributed by atoms with Gasteiger partial charge in [0.25, 0.3) is 0 Å². The van der Waals surface area contributed by atoms with Crippen LogP contribution in [-0.2, 0) is 40.2 Å². The number of rotatable bonds is 0. The standard InChI is InChI=1S/2C8H12.2CH3.2Ir/c2*1-2-4-6-8-7-5-3-1;;;;/h2*1-2,7-8H,3-6H2;2*1H3;;/q;;2*-1;;/b2*2-1-,8-7-;;;;. The van der Waals surface area contributed by atoms with Gasteiger partial charge in [-0.2, -0.15) is 0 Å². The van der Waals surface area contributed by atoms with E-state index in [1.165, 1.54) is 51.4 Å². The molecular formula is C18H30Ir2-2. The average Bonchev–Trinajstić information content (AvgIpc) is 2.15. The van der Waals surface area contributed by atoms with E-state index in [9.17, 15) is 0 Å². The average molecular weight is 631 g/mol. The molecule has 20 heavy (non-hydrogen) atoms. The first-order valence-electron chi connectivity index (χ1n) is 6.60. The first-order chi connectivity index (χ1) is 8.00. The van der Waals surface area contributed by atoms with Gasteiger partial charge in [0.1, 0.15) is 0 Å². The molecule has 0 spiro atoms. The van der Waals surface area contributed by atoms with Gasteiger partial charge < -0.3 is 14.9 Å². The third-order valence-corrected chi connectivity index (χ3v) is 2.67. The maximum Gasteiger partial charge on any atom is 0 e. The minimum absolute atomic E-state index is 0. The van der Waals surface area contributed by atoms with Crippen LogP contribution in [0.1, 0.15) is 51.4 Å². The van der Waals surface area contributed by atoms with E-state index in [0.29, 0.717) is 0 Å². The van der Waals surface area contributed by atoms with Crippen molar-refractivity contribution in [3.05, 3.63) is 63.5 Å². The molecule has 0 N–H and O–H groups in total. The van der Waals surface area contributed by atoms with Crippen molar-refractivity contribution in [3.63, 3.8) is 0 Å². The van der Waals surface area contributed by atoms with E-state index in [0.717, 1.165) is 0 Å². The Labute approximate surface area is 154 Å². The van der Waals surface area contributed by atoms with Crippen LogP contribution in [-0.4, -0.2) is 0 Å². The van der Waals surface area contributed by atoms with Gasteiger partial charge in [0.05, 0.1) is 0 Å². The summed E-state index contributed by atoms with van der Waals surface area (Å²) < 4.78 is 0. The third kappa shape index (κ3) is 20.6. The Morgan fingerprint density at radius 3 is 0.500 bits per heavy atom. The molecule has 2 rings (SSSR count). The molecule has 0 unspecified atom stereocenters. The zero-order valence-corrected chi connectivity index (χ0v) is 17.7. The number of hydrogen-bond acceptors (Lipinski definition) is 0. The minimum Gasteiger partial charge on any atom is -0.358 e. The molecule has 0 amide bonds. The topological polar surface area (TPSA) is 0 Å². The van der Waals surface area contributed by atoms with Crippen molar-refractivity contribution in [3.8, 4) is 0 Å². The van der Waals surface area contributed by atoms with Crippen molar-refractivity contribution >= 4 is 0 Å². The van der Waals surface area contributed by atoms with Gasteiger partial charge in [0.15, 0.2) is 0 Å². The summed E-state index contributed by atoms with van der Waals surface area (Å²) in [6.45, 7) is 0. The Morgan fingerprint density at radius 1 is 0.300 bits per heavy atom. The molecule has 0 fully saturated rings. The van der Waals surface area contributed by atoms with Crippen molar-refractivity contribution < 1.29 is 40.2 Å². The summed E-state index contributed by atoms with van der Waals surface area (Å²) >= 11 is 0. The first kappa shape index (κ1) is 28.4. The predicted molar refractivity (Wildman–Crippen MR) is 86.3 cm³/mol. The van der Waals surface area contributed by atoms with Gasteiger partial charge in [-0.1, -0.05) is 48.6 Å². The first-order valence-corrected chi connectivity index (χ1v) is 6.60. The van der Waals surface area contributed by atoms with Crippen LogP contribution in [0.3, 0.4) is 0 Å².